The lowest BCUT2D eigenvalue weighted by molar-refractivity contribution is -0.141. The fourth-order valence-electron chi connectivity index (χ4n) is 1.42. The minimum atomic E-state index is -3.73. The summed E-state index contributed by atoms with van der Waals surface area (Å²) in [5.41, 5.74) is -0.922. The molecule has 3 N–H and O–H groups in total. The molecule has 1 atom stereocenters. The number of carboxylic acid groups (broad SMARTS) is 1. The number of benzene rings is 1. The number of carbonyl (C=O) groups is 1. The van der Waals surface area contributed by atoms with Crippen molar-refractivity contribution in [3.8, 4) is 0 Å². The van der Waals surface area contributed by atoms with Crippen molar-refractivity contribution in [1.29, 1.82) is 0 Å². The van der Waals surface area contributed by atoms with Crippen LogP contribution in [-0.4, -0.2) is 36.7 Å². The molecule has 0 aliphatic heterocycles. The zero-order valence-corrected chi connectivity index (χ0v) is 11.8. The Labute approximate surface area is 117 Å². The van der Waals surface area contributed by atoms with Crippen molar-refractivity contribution < 1.29 is 23.4 Å². The van der Waals surface area contributed by atoms with Gasteiger partial charge in [-0.15, -0.1) is 0 Å². The summed E-state index contributed by atoms with van der Waals surface area (Å²) in [6, 6.07) is 8.85. The second-order valence-electron chi connectivity index (χ2n) is 4.65. The number of carboxylic acids is 1. The molecule has 0 aromatic heterocycles. The van der Waals surface area contributed by atoms with Crippen LogP contribution in [0.1, 0.15) is 18.9 Å². The molecule has 1 aromatic carbocycles. The highest BCUT2D eigenvalue weighted by Crippen LogP contribution is 2.09. The highest BCUT2D eigenvalue weighted by atomic mass is 32.2. The lowest BCUT2D eigenvalue weighted by atomic mass is 10.0. The van der Waals surface area contributed by atoms with Crippen molar-refractivity contribution in [2.24, 2.45) is 0 Å². The molecule has 0 saturated carbocycles. The number of hydrogen-bond acceptors (Lipinski definition) is 4. The van der Waals surface area contributed by atoms with Gasteiger partial charge in [-0.2, -0.15) is 0 Å². The maximum atomic E-state index is 11.7. The average Bonchev–Trinajstić information content (AvgIpc) is 2.34. The lowest BCUT2D eigenvalue weighted by Gasteiger charge is -2.20. The van der Waals surface area contributed by atoms with Crippen molar-refractivity contribution >= 4 is 22.1 Å². The molecule has 0 heterocycles. The van der Waals surface area contributed by atoms with Gasteiger partial charge in [0.2, 0.25) is 10.0 Å². The number of aliphatic carboxylic acids is 1. The molecule has 1 rings (SSSR count). The minimum Gasteiger partial charge on any atom is -0.481 e. The first kappa shape index (κ1) is 16.4. The van der Waals surface area contributed by atoms with Gasteiger partial charge in [0.15, 0.2) is 0 Å². The predicted molar refractivity (Wildman–Crippen MR) is 75.3 cm³/mol. The van der Waals surface area contributed by atoms with E-state index >= 15 is 0 Å². The second-order valence-corrected chi connectivity index (χ2v) is 6.30. The molecule has 0 bridgehead atoms. The molecule has 20 heavy (non-hydrogen) atoms. The van der Waals surface area contributed by atoms with E-state index in [1.807, 2.05) is 6.07 Å². The van der Waals surface area contributed by atoms with E-state index in [1.54, 1.807) is 24.3 Å². The number of nitrogens with one attached hydrogen (secondary N) is 1. The number of aliphatic hydroxyl groups is 1. The standard InChI is InChI=1S/C13H17NO5S/c1-13(17,9-12(15)16)10-14-20(18,19)8-7-11-5-3-2-4-6-11/h2-8,14,17H,9-10H2,1H3,(H,15,16). The van der Waals surface area contributed by atoms with Gasteiger partial charge in [-0.25, -0.2) is 13.1 Å². The summed E-state index contributed by atoms with van der Waals surface area (Å²) < 4.78 is 25.5. The molecule has 7 heteroatoms. The number of rotatable bonds is 7. The third-order valence-electron chi connectivity index (χ3n) is 2.43. The van der Waals surface area contributed by atoms with Gasteiger partial charge in [0.25, 0.3) is 0 Å². The smallest absolute Gasteiger partial charge is 0.306 e. The highest BCUT2D eigenvalue weighted by molar-refractivity contribution is 7.92. The summed E-state index contributed by atoms with van der Waals surface area (Å²) in [5, 5.41) is 19.3. The zero-order chi connectivity index (χ0) is 15.2. The molecular formula is C13H17NO5S. The van der Waals surface area contributed by atoms with Crippen LogP contribution in [0, 0.1) is 0 Å². The highest BCUT2D eigenvalue weighted by Gasteiger charge is 2.25. The Bertz CT molecular complexity index is 578. The van der Waals surface area contributed by atoms with E-state index in [2.05, 4.69) is 4.72 Å². The van der Waals surface area contributed by atoms with Crippen LogP contribution in [0.25, 0.3) is 6.08 Å². The lowest BCUT2D eigenvalue weighted by Crippen LogP contribution is -2.41. The van der Waals surface area contributed by atoms with Crippen LogP contribution < -0.4 is 4.72 Å². The third-order valence-corrected chi connectivity index (χ3v) is 3.47. The maximum absolute atomic E-state index is 11.7. The first-order chi connectivity index (χ1) is 9.20. The van der Waals surface area contributed by atoms with Crippen LogP contribution in [0.4, 0.5) is 0 Å². The molecule has 0 fully saturated rings. The van der Waals surface area contributed by atoms with E-state index < -0.39 is 28.0 Å². The summed E-state index contributed by atoms with van der Waals surface area (Å²) in [6.07, 6.45) is 0.867. The van der Waals surface area contributed by atoms with Crippen LogP contribution in [-0.2, 0) is 14.8 Å². The molecule has 0 saturated heterocycles. The van der Waals surface area contributed by atoms with Crippen LogP contribution >= 0.6 is 0 Å². The first-order valence-electron chi connectivity index (χ1n) is 5.87. The molecule has 0 aliphatic carbocycles. The molecule has 0 spiro atoms. The summed E-state index contributed by atoms with van der Waals surface area (Å²) >= 11 is 0. The van der Waals surface area contributed by atoms with Gasteiger partial charge >= 0.3 is 5.97 Å². The van der Waals surface area contributed by atoms with Crippen molar-refractivity contribution in [3.05, 3.63) is 41.3 Å². The van der Waals surface area contributed by atoms with Crippen LogP contribution in [0.5, 0.6) is 0 Å². The largest absolute Gasteiger partial charge is 0.481 e. The Morgan fingerprint density at radius 1 is 1.35 bits per heavy atom. The Hall–Kier alpha value is -1.70. The molecular weight excluding hydrogens is 282 g/mol. The fourth-order valence-corrected chi connectivity index (χ4v) is 2.37. The maximum Gasteiger partial charge on any atom is 0.306 e. The fraction of sp³-hybridized carbons (Fsp3) is 0.308. The Morgan fingerprint density at radius 3 is 2.50 bits per heavy atom. The molecule has 0 amide bonds. The number of sulfonamides is 1. The van der Waals surface area contributed by atoms with Gasteiger partial charge in [-0.3, -0.25) is 4.79 Å². The molecule has 0 radical (unpaired) electrons. The van der Waals surface area contributed by atoms with Gasteiger partial charge in [-0.1, -0.05) is 30.3 Å². The Kier molecular flexibility index (Phi) is 5.43. The Morgan fingerprint density at radius 2 is 1.95 bits per heavy atom. The zero-order valence-electron chi connectivity index (χ0n) is 11.0. The van der Waals surface area contributed by atoms with Crippen LogP contribution in [0.3, 0.4) is 0 Å². The SMILES string of the molecule is CC(O)(CNS(=O)(=O)C=Cc1ccccc1)CC(=O)O. The second kappa shape index (κ2) is 6.65. The summed E-state index contributed by atoms with van der Waals surface area (Å²) in [4.78, 5) is 10.5. The molecule has 1 unspecified atom stereocenters. The van der Waals surface area contributed by atoms with Gasteiger partial charge in [0.05, 0.1) is 12.0 Å². The van der Waals surface area contributed by atoms with Gasteiger partial charge in [0, 0.05) is 12.0 Å². The normalized spacial score (nSPS) is 15.1. The number of hydrogen-bond donors (Lipinski definition) is 3. The molecule has 1 aromatic rings. The molecule has 6 nitrogen and oxygen atoms in total. The van der Waals surface area contributed by atoms with Gasteiger partial charge < -0.3 is 10.2 Å². The summed E-state index contributed by atoms with van der Waals surface area (Å²) in [7, 11) is -3.73. The molecule has 110 valence electrons. The van der Waals surface area contributed by atoms with Gasteiger partial charge in [-0.05, 0) is 18.6 Å². The van der Waals surface area contributed by atoms with Crippen molar-refractivity contribution in [3.63, 3.8) is 0 Å². The summed E-state index contributed by atoms with van der Waals surface area (Å²) in [5.74, 6) is -1.20. The van der Waals surface area contributed by atoms with E-state index in [0.717, 1.165) is 11.0 Å². The van der Waals surface area contributed by atoms with E-state index in [1.165, 1.54) is 13.0 Å². The first-order valence-corrected chi connectivity index (χ1v) is 7.42. The van der Waals surface area contributed by atoms with E-state index in [-0.39, 0.29) is 6.54 Å². The minimum absolute atomic E-state index is 0.374. The van der Waals surface area contributed by atoms with E-state index in [0.29, 0.717) is 0 Å². The van der Waals surface area contributed by atoms with Crippen molar-refractivity contribution in [1.82, 2.24) is 4.72 Å². The van der Waals surface area contributed by atoms with Crippen molar-refractivity contribution in [2.75, 3.05) is 6.54 Å². The van der Waals surface area contributed by atoms with Crippen LogP contribution in [0.15, 0.2) is 35.7 Å². The van der Waals surface area contributed by atoms with Crippen molar-refractivity contribution in [2.45, 2.75) is 18.9 Å². The van der Waals surface area contributed by atoms with Crippen LogP contribution in [0.2, 0.25) is 0 Å². The topological polar surface area (TPSA) is 104 Å². The third kappa shape index (κ3) is 6.46. The monoisotopic (exact) mass is 299 g/mol. The summed E-state index contributed by atoms with van der Waals surface area (Å²) in [6.45, 7) is 0.880. The molecule has 0 aliphatic rings. The van der Waals surface area contributed by atoms with E-state index in [9.17, 15) is 18.3 Å². The predicted octanol–water partition coefficient (Wildman–Crippen LogP) is 0.802. The van der Waals surface area contributed by atoms with E-state index in [4.69, 9.17) is 5.11 Å². The average molecular weight is 299 g/mol. The quantitative estimate of drug-likeness (QED) is 0.691. The Balaban J connectivity index is 2.63. The van der Waals surface area contributed by atoms with Gasteiger partial charge in [0.1, 0.15) is 0 Å².